The molecule has 0 unspecified atom stereocenters. The average Bonchev–Trinajstić information content (AvgIpc) is 2.79. The summed E-state index contributed by atoms with van der Waals surface area (Å²) >= 11 is 6.32. The number of hydrogen-bond donors (Lipinski definition) is 0. The lowest BCUT2D eigenvalue weighted by Crippen LogP contribution is -2.23. The Bertz CT molecular complexity index is 919. The molecule has 6 heteroatoms. The summed E-state index contributed by atoms with van der Waals surface area (Å²) in [5, 5.41) is 0.686. The van der Waals surface area contributed by atoms with Crippen LogP contribution in [0.2, 0.25) is 5.02 Å². The van der Waals surface area contributed by atoms with Crippen LogP contribution in [0, 0.1) is 13.8 Å². The highest BCUT2D eigenvalue weighted by molar-refractivity contribution is 6.31. The topological polar surface area (TPSA) is 52.2 Å². The molecule has 5 nitrogen and oxygen atoms in total. The van der Waals surface area contributed by atoms with E-state index in [-0.39, 0.29) is 11.5 Å². The van der Waals surface area contributed by atoms with E-state index < -0.39 is 0 Å². The fourth-order valence-electron chi connectivity index (χ4n) is 2.63. The molecule has 120 valence electrons. The second-order valence-electron chi connectivity index (χ2n) is 6.04. The van der Waals surface area contributed by atoms with E-state index >= 15 is 0 Å². The van der Waals surface area contributed by atoms with E-state index in [0.717, 1.165) is 22.6 Å². The van der Waals surface area contributed by atoms with Gasteiger partial charge in [0.1, 0.15) is 5.82 Å². The molecule has 1 aromatic carbocycles. The second-order valence-corrected chi connectivity index (χ2v) is 6.44. The molecule has 0 spiro atoms. The van der Waals surface area contributed by atoms with E-state index in [4.69, 9.17) is 11.6 Å². The zero-order chi connectivity index (χ0) is 16.7. The number of benzene rings is 1. The molecule has 0 fully saturated rings. The Balaban J connectivity index is 2.19. The SMILES string of the molecule is Cc1cccc(Cl)c1Cn1c(C)nc2nc(C(C)C)cc(=O)n21. The third-order valence-corrected chi connectivity index (χ3v) is 4.38. The van der Waals surface area contributed by atoms with Crippen molar-refractivity contribution in [2.45, 2.75) is 40.2 Å². The van der Waals surface area contributed by atoms with Crippen molar-refractivity contribution in [1.29, 1.82) is 0 Å². The van der Waals surface area contributed by atoms with Gasteiger partial charge < -0.3 is 0 Å². The predicted octanol–water partition coefficient (Wildman–Crippen LogP) is 3.33. The highest BCUT2D eigenvalue weighted by Crippen LogP contribution is 2.21. The number of aryl methyl sites for hydroxylation is 2. The van der Waals surface area contributed by atoms with Crippen molar-refractivity contribution < 1.29 is 0 Å². The first-order valence-corrected chi connectivity index (χ1v) is 7.97. The van der Waals surface area contributed by atoms with Crippen LogP contribution in [0.3, 0.4) is 0 Å². The summed E-state index contributed by atoms with van der Waals surface area (Å²) in [5.41, 5.74) is 2.70. The predicted molar refractivity (Wildman–Crippen MR) is 91.4 cm³/mol. The Morgan fingerprint density at radius 2 is 1.96 bits per heavy atom. The third-order valence-electron chi connectivity index (χ3n) is 4.03. The van der Waals surface area contributed by atoms with Crippen molar-refractivity contribution in [2.24, 2.45) is 0 Å². The minimum atomic E-state index is -0.121. The maximum Gasteiger partial charge on any atom is 0.274 e. The quantitative estimate of drug-likeness (QED) is 0.740. The molecule has 23 heavy (non-hydrogen) atoms. The van der Waals surface area contributed by atoms with Gasteiger partial charge >= 0.3 is 0 Å². The first kappa shape index (κ1) is 15.7. The Kier molecular flexibility index (Phi) is 3.98. The van der Waals surface area contributed by atoms with Crippen LogP contribution in [-0.2, 0) is 6.54 Å². The minimum Gasteiger partial charge on any atom is -0.267 e. The zero-order valence-corrected chi connectivity index (χ0v) is 14.4. The Morgan fingerprint density at radius 1 is 1.22 bits per heavy atom. The fourth-order valence-corrected chi connectivity index (χ4v) is 2.91. The van der Waals surface area contributed by atoms with Crippen molar-refractivity contribution in [3.63, 3.8) is 0 Å². The third kappa shape index (κ3) is 2.77. The van der Waals surface area contributed by atoms with Crippen LogP contribution < -0.4 is 5.56 Å². The number of hydrogen-bond acceptors (Lipinski definition) is 3. The molecule has 2 aromatic heterocycles. The van der Waals surface area contributed by atoms with Crippen molar-refractivity contribution in [2.75, 3.05) is 0 Å². The number of fused-ring (bicyclic) bond motifs is 1. The highest BCUT2D eigenvalue weighted by atomic mass is 35.5. The normalized spacial score (nSPS) is 11.6. The lowest BCUT2D eigenvalue weighted by Gasteiger charge is -2.12. The van der Waals surface area contributed by atoms with Gasteiger partial charge in [0, 0.05) is 11.1 Å². The van der Waals surface area contributed by atoms with E-state index in [1.165, 1.54) is 4.52 Å². The van der Waals surface area contributed by atoms with E-state index in [2.05, 4.69) is 9.97 Å². The smallest absolute Gasteiger partial charge is 0.267 e. The van der Waals surface area contributed by atoms with Gasteiger partial charge in [-0.2, -0.15) is 9.50 Å². The largest absolute Gasteiger partial charge is 0.274 e. The molecule has 0 saturated carbocycles. The lowest BCUT2D eigenvalue weighted by molar-refractivity contribution is 0.596. The molecule has 0 radical (unpaired) electrons. The van der Waals surface area contributed by atoms with Crippen LogP contribution in [0.5, 0.6) is 0 Å². The molecule has 2 heterocycles. The van der Waals surface area contributed by atoms with Crippen LogP contribution in [0.15, 0.2) is 29.1 Å². The average molecular weight is 331 g/mol. The van der Waals surface area contributed by atoms with Gasteiger partial charge in [0.05, 0.1) is 12.2 Å². The van der Waals surface area contributed by atoms with Gasteiger partial charge in [-0.1, -0.05) is 37.6 Å². The molecule has 3 aromatic rings. The summed E-state index contributed by atoms with van der Waals surface area (Å²) in [4.78, 5) is 21.5. The molecule has 0 atom stereocenters. The Labute approximate surface area is 139 Å². The van der Waals surface area contributed by atoms with Crippen molar-refractivity contribution in [3.8, 4) is 0 Å². The van der Waals surface area contributed by atoms with Gasteiger partial charge in [0.2, 0.25) is 0 Å². The van der Waals surface area contributed by atoms with Crippen molar-refractivity contribution in [3.05, 3.63) is 62.3 Å². The minimum absolute atomic E-state index is 0.121. The number of aromatic nitrogens is 4. The first-order chi connectivity index (χ1) is 10.9. The summed E-state index contributed by atoms with van der Waals surface area (Å²) in [6.07, 6.45) is 0. The van der Waals surface area contributed by atoms with Gasteiger partial charge in [-0.3, -0.25) is 9.48 Å². The van der Waals surface area contributed by atoms with E-state index in [0.29, 0.717) is 17.3 Å². The second kappa shape index (κ2) is 5.81. The Morgan fingerprint density at radius 3 is 2.61 bits per heavy atom. The van der Waals surface area contributed by atoms with Crippen molar-refractivity contribution in [1.82, 2.24) is 19.2 Å². The molecule has 0 aliphatic rings. The summed E-state index contributed by atoms with van der Waals surface area (Å²) in [6.45, 7) is 8.38. The number of nitrogens with zero attached hydrogens (tertiary/aromatic N) is 4. The molecule has 3 rings (SSSR count). The summed E-state index contributed by atoms with van der Waals surface area (Å²) in [6, 6.07) is 7.36. The molecule has 0 aliphatic carbocycles. The highest BCUT2D eigenvalue weighted by Gasteiger charge is 2.15. The van der Waals surface area contributed by atoms with Crippen LogP contribution >= 0.6 is 11.6 Å². The summed E-state index contributed by atoms with van der Waals surface area (Å²) in [7, 11) is 0. The maximum atomic E-state index is 12.5. The maximum absolute atomic E-state index is 12.5. The van der Waals surface area contributed by atoms with Gasteiger partial charge in [0.25, 0.3) is 11.3 Å². The first-order valence-electron chi connectivity index (χ1n) is 7.59. The van der Waals surface area contributed by atoms with E-state index in [9.17, 15) is 4.79 Å². The van der Waals surface area contributed by atoms with Crippen LogP contribution in [0.25, 0.3) is 5.78 Å². The van der Waals surface area contributed by atoms with Gasteiger partial charge in [0.15, 0.2) is 0 Å². The molecule has 0 amide bonds. The molecule has 0 bridgehead atoms. The van der Waals surface area contributed by atoms with Gasteiger partial charge in [-0.25, -0.2) is 4.98 Å². The van der Waals surface area contributed by atoms with E-state index in [1.54, 1.807) is 6.07 Å². The number of rotatable bonds is 3. The van der Waals surface area contributed by atoms with Gasteiger partial charge in [-0.15, -0.1) is 0 Å². The molecular formula is C17H19ClN4O. The van der Waals surface area contributed by atoms with Gasteiger partial charge in [-0.05, 0) is 37.0 Å². The van der Waals surface area contributed by atoms with Crippen LogP contribution in [0.1, 0.15) is 42.4 Å². The zero-order valence-electron chi connectivity index (χ0n) is 13.7. The van der Waals surface area contributed by atoms with Crippen LogP contribution in [-0.4, -0.2) is 19.2 Å². The summed E-state index contributed by atoms with van der Waals surface area (Å²) < 4.78 is 3.34. The monoisotopic (exact) mass is 330 g/mol. The molecule has 0 aliphatic heterocycles. The van der Waals surface area contributed by atoms with Crippen LogP contribution in [0.4, 0.5) is 0 Å². The summed E-state index contributed by atoms with van der Waals surface area (Å²) in [5.74, 6) is 1.35. The molecule has 0 N–H and O–H groups in total. The van der Waals surface area contributed by atoms with Crippen molar-refractivity contribution >= 4 is 17.4 Å². The lowest BCUT2D eigenvalue weighted by atomic mass is 10.1. The number of halogens is 1. The molecular weight excluding hydrogens is 312 g/mol. The standard InChI is InChI=1S/C17H19ClN4O/c1-10(2)15-8-16(23)22-17(20-15)19-12(4)21(22)9-13-11(3)6-5-7-14(13)18/h5-8,10H,9H2,1-4H3. The fraction of sp³-hybridized carbons (Fsp3) is 0.353. The Hall–Kier alpha value is -2.14. The molecule has 0 saturated heterocycles. The van der Waals surface area contributed by atoms with E-state index in [1.807, 2.05) is 50.6 Å².